The third-order valence-corrected chi connectivity index (χ3v) is 2.54. The van der Waals surface area contributed by atoms with Crippen LogP contribution in [0.3, 0.4) is 0 Å². The lowest BCUT2D eigenvalue weighted by atomic mass is 10.0. The van der Waals surface area contributed by atoms with Crippen LogP contribution in [0.4, 0.5) is 0 Å². The van der Waals surface area contributed by atoms with Gasteiger partial charge in [-0.05, 0) is 0 Å². The van der Waals surface area contributed by atoms with Crippen molar-refractivity contribution in [3.63, 3.8) is 0 Å². The van der Waals surface area contributed by atoms with Crippen molar-refractivity contribution >= 4 is 0 Å². The summed E-state index contributed by atoms with van der Waals surface area (Å²) in [5.41, 5.74) is 5.28. The average Bonchev–Trinajstić information content (AvgIpc) is 2.23. The van der Waals surface area contributed by atoms with E-state index in [-0.39, 0.29) is 0 Å². The molecule has 84 valence electrons. The Kier molecular flexibility index (Phi) is 3.43. The number of aliphatic hydroxyl groups is 6. The van der Waals surface area contributed by atoms with Crippen molar-refractivity contribution in [2.24, 2.45) is 5.73 Å². The van der Waals surface area contributed by atoms with Crippen LogP contribution in [0.2, 0.25) is 0 Å². The maximum atomic E-state index is 9.29. The van der Waals surface area contributed by atoms with Gasteiger partial charge in [-0.2, -0.15) is 0 Å². The predicted molar refractivity (Wildman–Crippen MR) is 44.0 cm³/mol. The second-order valence-corrected chi connectivity index (χ2v) is 3.52. The molecule has 1 rings (SSSR count). The van der Waals surface area contributed by atoms with E-state index >= 15 is 0 Å². The maximum Gasteiger partial charge on any atom is 0.111 e. The lowest BCUT2D eigenvalue weighted by molar-refractivity contribution is -0.124. The van der Waals surface area contributed by atoms with Gasteiger partial charge in [-0.15, -0.1) is 0 Å². The molecule has 0 aliphatic heterocycles. The van der Waals surface area contributed by atoms with Crippen molar-refractivity contribution in [3.05, 3.63) is 0 Å². The first-order chi connectivity index (χ1) is 6.37. The van der Waals surface area contributed by atoms with Gasteiger partial charge in [-0.25, -0.2) is 0 Å². The van der Waals surface area contributed by atoms with Gasteiger partial charge < -0.3 is 36.4 Å². The largest absolute Gasteiger partial charge is 0.389 e. The summed E-state index contributed by atoms with van der Waals surface area (Å²) < 4.78 is 0. The topological polar surface area (TPSA) is 147 Å². The Morgan fingerprint density at radius 3 is 1.00 bits per heavy atom. The molecule has 0 aromatic rings. The molecule has 1 aliphatic rings. The first-order valence-electron chi connectivity index (χ1n) is 4.22. The van der Waals surface area contributed by atoms with Gasteiger partial charge in [-0.1, -0.05) is 0 Å². The fraction of sp³-hybridized carbons (Fsp3) is 1.00. The van der Waals surface area contributed by atoms with E-state index < -0.39 is 42.7 Å². The lowest BCUT2D eigenvalue weighted by Crippen LogP contribution is -2.52. The Morgan fingerprint density at radius 2 is 0.714 bits per heavy atom. The van der Waals surface area contributed by atoms with E-state index in [2.05, 4.69) is 0 Å². The monoisotopic (exact) mass is 209 g/mol. The van der Waals surface area contributed by atoms with Crippen LogP contribution in [-0.2, 0) is 0 Å². The zero-order valence-electron chi connectivity index (χ0n) is 7.30. The van der Waals surface area contributed by atoms with E-state index in [1.165, 1.54) is 0 Å². The van der Waals surface area contributed by atoms with Crippen molar-refractivity contribution in [2.75, 3.05) is 0 Å². The van der Waals surface area contributed by atoms with E-state index in [1.807, 2.05) is 0 Å². The molecule has 6 atom stereocenters. The zero-order chi connectivity index (χ0) is 11.0. The fourth-order valence-corrected chi connectivity index (χ4v) is 1.47. The van der Waals surface area contributed by atoms with Gasteiger partial charge >= 0.3 is 0 Å². The first-order valence-corrected chi connectivity index (χ1v) is 4.22. The predicted octanol–water partition coefficient (Wildman–Crippen LogP) is -4.51. The Hall–Kier alpha value is -0.280. The maximum absolute atomic E-state index is 9.29. The Labute approximate surface area is 80.0 Å². The standard InChI is InChI=1S/C7H15NO6/c8-1-2(9)4(11)6(13)7(14)5(12)3(1)10/h1-7,9-14H,8H2. The molecule has 0 saturated heterocycles. The zero-order valence-corrected chi connectivity index (χ0v) is 7.30. The molecule has 1 fully saturated rings. The summed E-state index contributed by atoms with van der Waals surface area (Å²) in [6.45, 7) is 0. The Bertz CT molecular complexity index is 130. The van der Waals surface area contributed by atoms with Gasteiger partial charge in [-0.3, -0.25) is 0 Å². The van der Waals surface area contributed by atoms with Gasteiger partial charge in [0.25, 0.3) is 0 Å². The second kappa shape index (κ2) is 4.07. The third kappa shape index (κ3) is 1.75. The molecule has 1 saturated carbocycles. The third-order valence-electron chi connectivity index (χ3n) is 2.54. The summed E-state index contributed by atoms with van der Waals surface area (Å²) in [6.07, 6.45) is -10.1. The first kappa shape index (κ1) is 11.8. The van der Waals surface area contributed by atoms with Crippen LogP contribution in [0.5, 0.6) is 0 Å². The minimum Gasteiger partial charge on any atom is -0.389 e. The fourth-order valence-electron chi connectivity index (χ4n) is 1.47. The molecule has 7 heteroatoms. The number of rotatable bonds is 0. The van der Waals surface area contributed by atoms with E-state index in [1.54, 1.807) is 0 Å². The smallest absolute Gasteiger partial charge is 0.111 e. The van der Waals surface area contributed by atoms with Crippen LogP contribution in [0, 0.1) is 0 Å². The second-order valence-electron chi connectivity index (χ2n) is 3.52. The SMILES string of the molecule is NC1C(O)C(O)C(O)C(O)C(O)C1O. The summed E-state index contributed by atoms with van der Waals surface area (Å²) >= 11 is 0. The van der Waals surface area contributed by atoms with Crippen LogP contribution in [0.25, 0.3) is 0 Å². The van der Waals surface area contributed by atoms with Gasteiger partial charge in [0.15, 0.2) is 0 Å². The van der Waals surface area contributed by atoms with Crippen molar-refractivity contribution < 1.29 is 30.6 Å². The highest BCUT2D eigenvalue weighted by atomic mass is 16.4. The highest BCUT2D eigenvalue weighted by Gasteiger charge is 2.46. The quantitative estimate of drug-likeness (QED) is 0.199. The highest BCUT2D eigenvalue weighted by molar-refractivity contribution is 5.00. The lowest BCUT2D eigenvalue weighted by Gasteiger charge is -2.24. The van der Waals surface area contributed by atoms with E-state index in [4.69, 9.17) is 5.73 Å². The van der Waals surface area contributed by atoms with Gasteiger partial charge in [0.05, 0.1) is 6.04 Å². The number of nitrogens with two attached hydrogens (primary N) is 1. The number of aliphatic hydroxyl groups excluding tert-OH is 6. The minimum atomic E-state index is -1.75. The summed E-state index contributed by atoms with van der Waals surface area (Å²) in [4.78, 5) is 0. The molecule has 0 aromatic carbocycles. The van der Waals surface area contributed by atoms with E-state index in [0.717, 1.165) is 0 Å². The molecule has 0 aromatic heterocycles. The van der Waals surface area contributed by atoms with E-state index in [0.29, 0.717) is 0 Å². The minimum absolute atomic E-state index is 1.33. The van der Waals surface area contributed by atoms with Crippen molar-refractivity contribution in [1.29, 1.82) is 0 Å². The molecule has 1 aliphatic carbocycles. The normalized spacial score (nSPS) is 55.5. The Balaban J connectivity index is 2.92. The molecule has 0 bridgehead atoms. The van der Waals surface area contributed by atoms with E-state index in [9.17, 15) is 30.6 Å². The number of hydrogen-bond acceptors (Lipinski definition) is 7. The molecule has 8 N–H and O–H groups in total. The van der Waals surface area contributed by atoms with Crippen LogP contribution in [-0.4, -0.2) is 73.3 Å². The van der Waals surface area contributed by atoms with Crippen molar-refractivity contribution in [1.82, 2.24) is 0 Å². The molecule has 0 heterocycles. The average molecular weight is 209 g/mol. The van der Waals surface area contributed by atoms with Crippen molar-refractivity contribution in [2.45, 2.75) is 42.7 Å². The van der Waals surface area contributed by atoms with Crippen molar-refractivity contribution in [3.8, 4) is 0 Å². The van der Waals surface area contributed by atoms with Crippen LogP contribution in [0.15, 0.2) is 0 Å². The summed E-state index contributed by atoms with van der Waals surface area (Å²) in [6, 6.07) is -1.33. The van der Waals surface area contributed by atoms with Crippen LogP contribution in [0.1, 0.15) is 0 Å². The summed E-state index contributed by atoms with van der Waals surface area (Å²) in [5, 5.41) is 55.5. The molecular weight excluding hydrogens is 194 g/mol. The molecule has 0 spiro atoms. The Morgan fingerprint density at radius 1 is 0.500 bits per heavy atom. The number of hydrogen-bond donors (Lipinski definition) is 7. The van der Waals surface area contributed by atoms with Crippen LogP contribution < -0.4 is 5.73 Å². The molecule has 14 heavy (non-hydrogen) atoms. The summed E-state index contributed by atoms with van der Waals surface area (Å²) in [7, 11) is 0. The molecule has 0 amide bonds. The highest BCUT2D eigenvalue weighted by Crippen LogP contribution is 2.19. The molecule has 6 unspecified atom stereocenters. The molecular formula is C7H15NO6. The molecule has 7 nitrogen and oxygen atoms in total. The van der Waals surface area contributed by atoms with Gasteiger partial charge in [0.1, 0.15) is 36.6 Å². The summed E-state index contributed by atoms with van der Waals surface area (Å²) in [5.74, 6) is 0. The molecule has 0 radical (unpaired) electrons. The van der Waals surface area contributed by atoms with Crippen LogP contribution >= 0.6 is 0 Å². The van der Waals surface area contributed by atoms with Gasteiger partial charge in [0.2, 0.25) is 0 Å². The van der Waals surface area contributed by atoms with Gasteiger partial charge in [0, 0.05) is 0 Å².